The molecule has 1 unspecified atom stereocenters. The first-order chi connectivity index (χ1) is 7.61. The minimum atomic E-state index is 0.300. The molecule has 0 saturated carbocycles. The predicted octanol–water partition coefficient (Wildman–Crippen LogP) is 2.85. The van der Waals surface area contributed by atoms with Gasteiger partial charge in [0.25, 0.3) is 0 Å². The molecule has 1 aromatic rings. The molecule has 1 aromatic heterocycles. The quantitative estimate of drug-likeness (QED) is 0.437. The summed E-state index contributed by atoms with van der Waals surface area (Å²) >= 11 is 1.81. The van der Waals surface area contributed by atoms with Crippen molar-refractivity contribution in [2.45, 2.75) is 32.2 Å². The van der Waals surface area contributed by atoms with E-state index < -0.39 is 0 Å². The molecule has 3 N–H and O–H groups in total. The normalized spacial score (nSPS) is 12.9. The summed E-state index contributed by atoms with van der Waals surface area (Å²) in [5.74, 6) is 0.300. The molecular weight excluding hydrogens is 218 g/mol. The van der Waals surface area contributed by atoms with Crippen LogP contribution in [0.1, 0.15) is 37.1 Å². The number of nitrogens with zero attached hydrogens (tertiary/aromatic N) is 1. The van der Waals surface area contributed by atoms with E-state index in [0.717, 1.165) is 25.8 Å². The van der Waals surface area contributed by atoms with Crippen molar-refractivity contribution < 1.29 is 0 Å². The first kappa shape index (κ1) is 13.2. The van der Waals surface area contributed by atoms with E-state index in [1.54, 1.807) is 0 Å². The summed E-state index contributed by atoms with van der Waals surface area (Å²) in [4.78, 5) is 3.76. The van der Waals surface area contributed by atoms with Crippen LogP contribution in [0.25, 0.3) is 0 Å². The smallest absolute Gasteiger partial charge is 0.0905 e. The van der Waals surface area contributed by atoms with Crippen molar-refractivity contribution >= 4 is 17.2 Å². The molecule has 0 aliphatic carbocycles. The molecule has 1 heterocycles. The van der Waals surface area contributed by atoms with Gasteiger partial charge < -0.3 is 5.73 Å². The number of hydrogen-bond acceptors (Lipinski definition) is 3. The van der Waals surface area contributed by atoms with Crippen LogP contribution in [-0.2, 0) is 0 Å². The summed E-state index contributed by atoms with van der Waals surface area (Å²) in [7, 11) is 2.15. The van der Waals surface area contributed by atoms with Gasteiger partial charge in [0, 0.05) is 17.3 Å². The van der Waals surface area contributed by atoms with Gasteiger partial charge in [-0.2, -0.15) is 0 Å². The van der Waals surface area contributed by atoms with Crippen molar-refractivity contribution in [3.05, 3.63) is 22.4 Å². The van der Waals surface area contributed by atoms with Crippen LogP contribution in [0, 0.1) is 5.41 Å². The Hall–Kier alpha value is -0.870. The van der Waals surface area contributed by atoms with Gasteiger partial charge in [0.1, 0.15) is 0 Å². The van der Waals surface area contributed by atoms with E-state index in [4.69, 9.17) is 11.1 Å². The Morgan fingerprint density at radius 2 is 2.31 bits per heavy atom. The fourth-order valence-electron chi connectivity index (χ4n) is 1.62. The zero-order valence-electron chi connectivity index (χ0n) is 10.1. The van der Waals surface area contributed by atoms with E-state index >= 15 is 0 Å². The monoisotopic (exact) mass is 239 g/mol. The third-order valence-electron chi connectivity index (χ3n) is 2.82. The lowest BCUT2D eigenvalue weighted by Crippen LogP contribution is -2.23. The van der Waals surface area contributed by atoms with Gasteiger partial charge in [0.15, 0.2) is 0 Å². The molecule has 90 valence electrons. The van der Waals surface area contributed by atoms with Crippen LogP contribution < -0.4 is 5.73 Å². The molecule has 0 amide bonds. The van der Waals surface area contributed by atoms with Crippen LogP contribution in [0.15, 0.2) is 17.5 Å². The van der Waals surface area contributed by atoms with Crippen molar-refractivity contribution in [3.8, 4) is 0 Å². The van der Waals surface area contributed by atoms with Gasteiger partial charge >= 0.3 is 0 Å². The Kier molecular flexibility index (Phi) is 5.49. The van der Waals surface area contributed by atoms with Gasteiger partial charge in [0.2, 0.25) is 0 Å². The molecule has 0 bridgehead atoms. The molecule has 0 spiro atoms. The molecular formula is C12H21N3S. The molecule has 16 heavy (non-hydrogen) atoms. The Morgan fingerprint density at radius 3 is 2.88 bits per heavy atom. The van der Waals surface area contributed by atoms with Crippen LogP contribution >= 0.6 is 11.3 Å². The highest BCUT2D eigenvalue weighted by atomic mass is 32.1. The summed E-state index contributed by atoms with van der Waals surface area (Å²) in [6, 6.07) is 4.76. The Labute approximate surface area is 102 Å². The lowest BCUT2D eigenvalue weighted by atomic mass is 10.2. The fourth-order valence-corrected chi connectivity index (χ4v) is 2.46. The van der Waals surface area contributed by atoms with Gasteiger partial charge in [-0.1, -0.05) is 6.07 Å². The van der Waals surface area contributed by atoms with E-state index in [2.05, 4.69) is 36.4 Å². The maximum absolute atomic E-state index is 7.14. The Morgan fingerprint density at radius 1 is 1.56 bits per heavy atom. The first-order valence-corrected chi connectivity index (χ1v) is 6.55. The molecule has 0 saturated heterocycles. The van der Waals surface area contributed by atoms with Crippen LogP contribution in [0.3, 0.4) is 0 Å². The van der Waals surface area contributed by atoms with Gasteiger partial charge in [-0.25, -0.2) is 0 Å². The molecule has 3 nitrogen and oxygen atoms in total. The third-order valence-corrected chi connectivity index (χ3v) is 3.87. The molecule has 0 fully saturated rings. The van der Waals surface area contributed by atoms with E-state index in [-0.39, 0.29) is 0 Å². The minimum Gasteiger partial charge on any atom is -0.388 e. The highest BCUT2D eigenvalue weighted by Gasteiger charge is 2.11. The lowest BCUT2D eigenvalue weighted by Gasteiger charge is -2.23. The first-order valence-electron chi connectivity index (χ1n) is 5.68. The minimum absolute atomic E-state index is 0.300. The number of nitrogens with one attached hydrogen (secondary N) is 1. The number of hydrogen-bond donors (Lipinski definition) is 2. The average molecular weight is 239 g/mol. The van der Waals surface area contributed by atoms with Crippen molar-refractivity contribution in [2.75, 3.05) is 13.6 Å². The molecule has 0 radical (unpaired) electrons. The van der Waals surface area contributed by atoms with Crippen LogP contribution in [0.4, 0.5) is 0 Å². The van der Waals surface area contributed by atoms with Crippen molar-refractivity contribution in [1.29, 1.82) is 5.41 Å². The summed E-state index contributed by atoms with van der Waals surface area (Å²) in [5, 5.41) is 9.26. The van der Waals surface area contributed by atoms with E-state index in [9.17, 15) is 0 Å². The maximum Gasteiger partial charge on any atom is 0.0905 e. The second-order valence-corrected chi connectivity index (χ2v) is 5.13. The molecule has 1 atom stereocenters. The predicted molar refractivity (Wildman–Crippen MR) is 71.1 cm³/mol. The van der Waals surface area contributed by atoms with Crippen LogP contribution in [-0.4, -0.2) is 24.3 Å². The van der Waals surface area contributed by atoms with Crippen molar-refractivity contribution in [2.24, 2.45) is 5.73 Å². The second-order valence-electron chi connectivity index (χ2n) is 4.15. The van der Waals surface area contributed by atoms with Crippen LogP contribution in [0.5, 0.6) is 0 Å². The molecule has 0 aromatic carbocycles. The zero-order chi connectivity index (χ0) is 12.0. The number of thiophene rings is 1. The average Bonchev–Trinajstić information content (AvgIpc) is 2.76. The highest BCUT2D eigenvalue weighted by molar-refractivity contribution is 7.10. The second kappa shape index (κ2) is 6.66. The van der Waals surface area contributed by atoms with Gasteiger partial charge in [-0.15, -0.1) is 11.3 Å². The van der Waals surface area contributed by atoms with Gasteiger partial charge in [-0.3, -0.25) is 10.3 Å². The molecule has 0 aliphatic rings. The number of amidine groups is 1. The van der Waals surface area contributed by atoms with Crippen LogP contribution in [0.2, 0.25) is 0 Å². The molecule has 0 aliphatic heterocycles. The van der Waals surface area contributed by atoms with E-state index in [1.165, 1.54) is 4.88 Å². The molecule has 1 rings (SSSR count). The largest absolute Gasteiger partial charge is 0.388 e. The topological polar surface area (TPSA) is 53.1 Å². The van der Waals surface area contributed by atoms with Gasteiger partial charge in [-0.05, 0) is 44.8 Å². The molecule has 4 heteroatoms. The number of nitrogens with two attached hydrogens (primary N) is 1. The Balaban J connectivity index is 2.24. The summed E-state index contributed by atoms with van der Waals surface area (Å²) in [5.41, 5.74) is 5.32. The number of rotatable bonds is 7. The standard InChI is InChI=1S/C12H21N3S/c1-10(11-6-5-9-16-11)15(2)8-4-3-7-12(13)14/h5-6,9-10H,3-4,7-8H2,1-2H3,(H3,13,14). The van der Waals surface area contributed by atoms with Crippen molar-refractivity contribution in [1.82, 2.24) is 4.90 Å². The summed E-state index contributed by atoms with van der Waals surface area (Å²) < 4.78 is 0. The highest BCUT2D eigenvalue weighted by Crippen LogP contribution is 2.23. The summed E-state index contributed by atoms with van der Waals surface area (Å²) in [6.07, 6.45) is 2.84. The fraction of sp³-hybridized carbons (Fsp3) is 0.583. The van der Waals surface area contributed by atoms with E-state index in [0.29, 0.717) is 11.9 Å². The summed E-state index contributed by atoms with van der Waals surface area (Å²) in [6.45, 7) is 3.29. The van der Waals surface area contributed by atoms with Crippen molar-refractivity contribution in [3.63, 3.8) is 0 Å². The van der Waals surface area contributed by atoms with E-state index in [1.807, 2.05) is 11.3 Å². The Bertz CT molecular complexity index is 308. The number of unbranched alkanes of at least 4 members (excludes halogenated alkanes) is 1. The maximum atomic E-state index is 7.14. The van der Waals surface area contributed by atoms with Gasteiger partial charge in [0.05, 0.1) is 5.84 Å². The third kappa shape index (κ3) is 4.33. The SMILES string of the molecule is CC(c1cccs1)N(C)CCCCC(=N)N. The lowest BCUT2D eigenvalue weighted by molar-refractivity contribution is 0.260. The zero-order valence-corrected chi connectivity index (χ0v) is 10.9.